The van der Waals surface area contributed by atoms with Crippen LogP contribution >= 0.6 is 0 Å². The van der Waals surface area contributed by atoms with Gasteiger partial charge in [-0.2, -0.15) is 0 Å². The molecule has 1 atom stereocenters. The van der Waals surface area contributed by atoms with E-state index in [0.717, 1.165) is 12.6 Å². The van der Waals surface area contributed by atoms with Crippen LogP contribution in [-0.4, -0.2) is 23.6 Å². The lowest BCUT2D eigenvalue weighted by Crippen LogP contribution is -2.40. The van der Waals surface area contributed by atoms with Gasteiger partial charge in [0.25, 0.3) is 0 Å². The van der Waals surface area contributed by atoms with Gasteiger partial charge in [-0.05, 0) is 57.1 Å². The van der Waals surface area contributed by atoms with Crippen LogP contribution in [-0.2, 0) is 6.54 Å². The summed E-state index contributed by atoms with van der Waals surface area (Å²) in [7, 11) is 0. The number of nitrogens with one attached hydrogen (secondary N) is 1. The molecule has 1 aliphatic heterocycles. The summed E-state index contributed by atoms with van der Waals surface area (Å²) < 4.78 is 0. The van der Waals surface area contributed by atoms with Gasteiger partial charge in [0.15, 0.2) is 0 Å². The maximum atomic E-state index is 4.91. The van der Waals surface area contributed by atoms with E-state index in [0.29, 0.717) is 6.04 Å². The van der Waals surface area contributed by atoms with Crippen molar-refractivity contribution in [1.82, 2.24) is 10.3 Å². The molecule has 0 bridgehead atoms. The molecule has 2 aliphatic rings. The molecule has 1 aliphatic carbocycles. The number of hydrogen-bond donors (Lipinski definition) is 1. The van der Waals surface area contributed by atoms with Crippen molar-refractivity contribution in [2.45, 2.75) is 77.4 Å². The third-order valence-electron chi connectivity index (χ3n) is 4.88. The van der Waals surface area contributed by atoms with Crippen molar-refractivity contribution >= 4 is 5.82 Å². The predicted molar refractivity (Wildman–Crippen MR) is 88.7 cm³/mol. The number of hydrogen-bond acceptors (Lipinski definition) is 3. The monoisotopic (exact) mass is 287 g/mol. The van der Waals surface area contributed by atoms with Gasteiger partial charge in [0.1, 0.15) is 5.82 Å². The van der Waals surface area contributed by atoms with Crippen molar-refractivity contribution in [1.29, 1.82) is 0 Å². The van der Waals surface area contributed by atoms with Gasteiger partial charge in [0.05, 0.1) is 0 Å². The van der Waals surface area contributed by atoms with Crippen LogP contribution in [0.4, 0.5) is 5.82 Å². The lowest BCUT2D eigenvalue weighted by Gasteiger charge is -2.37. The Morgan fingerprint density at radius 2 is 2.10 bits per heavy atom. The number of nitrogens with zero attached hydrogens (tertiary/aromatic N) is 2. The molecule has 0 radical (unpaired) electrons. The molecule has 0 amide bonds. The molecule has 1 N–H and O–H groups in total. The first-order chi connectivity index (χ1) is 10.3. The van der Waals surface area contributed by atoms with Gasteiger partial charge in [-0.1, -0.05) is 19.4 Å². The van der Waals surface area contributed by atoms with Crippen LogP contribution in [0.25, 0.3) is 0 Å². The molecule has 0 spiro atoms. The summed E-state index contributed by atoms with van der Waals surface area (Å²) in [6.45, 7) is 6.60. The van der Waals surface area contributed by atoms with Gasteiger partial charge >= 0.3 is 0 Å². The molecule has 1 saturated heterocycles. The predicted octanol–water partition coefficient (Wildman–Crippen LogP) is 3.80. The average Bonchev–Trinajstić information content (AvgIpc) is 3.31. The Balaban J connectivity index is 1.69. The highest BCUT2D eigenvalue weighted by molar-refractivity contribution is 5.43. The Morgan fingerprint density at radius 3 is 2.81 bits per heavy atom. The highest BCUT2D eigenvalue weighted by atomic mass is 15.2. The van der Waals surface area contributed by atoms with Gasteiger partial charge in [-0.25, -0.2) is 4.98 Å². The molecule has 3 rings (SSSR count). The van der Waals surface area contributed by atoms with Crippen molar-refractivity contribution < 1.29 is 0 Å². The van der Waals surface area contributed by atoms with Crippen LogP contribution in [0.2, 0.25) is 0 Å². The van der Waals surface area contributed by atoms with Crippen molar-refractivity contribution in [3.05, 3.63) is 23.4 Å². The van der Waals surface area contributed by atoms with E-state index in [2.05, 4.69) is 36.2 Å². The summed E-state index contributed by atoms with van der Waals surface area (Å²) in [6, 6.07) is 5.99. The zero-order chi connectivity index (χ0) is 14.7. The molecule has 1 aromatic heterocycles. The Labute approximate surface area is 129 Å². The fraction of sp³-hybridized carbons (Fsp3) is 0.722. The van der Waals surface area contributed by atoms with Gasteiger partial charge < -0.3 is 10.2 Å². The van der Waals surface area contributed by atoms with Crippen LogP contribution in [0, 0.1) is 6.92 Å². The first kappa shape index (κ1) is 14.8. The van der Waals surface area contributed by atoms with Crippen molar-refractivity contribution in [2.75, 3.05) is 11.4 Å². The minimum atomic E-state index is 0.700. The smallest absolute Gasteiger partial charge is 0.129 e. The first-order valence-electron chi connectivity index (χ1n) is 8.74. The van der Waals surface area contributed by atoms with E-state index in [1.54, 1.807) is 0 Å². The molecular formula is C18H29N3. The second-order valence-corrected chi connectivity index (χ2v) is 6.70. The molecule has 3 heteroatoms. The standard InChI is InChI=1S/C18H29N3/c1-3-6-17-7-4-5-12-21(17)18-11-8-15(14(2)20-18)13-19-16-9-10-16/h8,11,16-17,19H,3-7,9-10,12-13H2,1-2H3. The second-order valence-electron chi connectivity index (χ2n) is 6.70. The van der Waals surface area contributed by atoms with Crippen LogP contribution < -0.4 is 10.2 Å². The Morgan fingerprint density at radius 1 is 1.24 bits per heavy atom. The highest BCUT2D eigenvalue weighted by Gasteiger charge is 2.23. The third-order valence-corrected chi connectivity index (χ3v) is 4.88. The molecule has 21 heavy (non-hydrogen) atoms. The average molecular weight is 287 g/mol. The summed E-state index contributed by atoms with van der Waals surface area (Å²) >= 11 is 0. The molecular weight excluding hydrogens is 258 g/mol. The zero-order valence-corrected chi connectivity index (χ0v) is 13.6. The second kappa shape index (κ2) is 6.78. The molecule has 1 saturated carbocycles. The fourth-order valence-corrected chi connectivity index (χ4v) is 3.40. The van der Waals surface area contributed by atoms with Crippen LogP contribution in [0.3, 0.4) is 0 Å². The van der Waals surface area contributed by atoms with Crippen LogP contribution in [0.15, 0.2) is 12.1 Å². The summed E-state index contributed by atoms with van der Waals surface area (Å²) in [5.74, 6) is 1.20. The Hall–Kier alpha value is -1.09. The summed E-state index contributed by atoms with van der Waals surface area (Å²) in [4.78, 5) is 7.47. The number of rotatable bonds is 6. The normalized spacial score (nSPS) is 22.6. The van der Waals surface area contributed by atoms with E-state index in [1.165, 1.54) is 68.6 Å². The summed E-state index contributed by atoms with van der Waals surface area (Å²) in [5.41, 5.74) is 2.55. The quantitative estimate of drug-likeness (QED) is 0.862. The van der Waals surface area contributed by atoms with E-state index in [9.17, 15) is 0 Å². The lowest BCUT2D eigenvalue weighted by molar-refractivity contribution is 0.431. The number of piperidine rings is 1. The van der Waals surface area contributed by atoms with Crippen LogP contribution in [0.1, 0.15) is 63.1 Å². The molecule has 116 valence electrons. The van der Waals surface area contributed by atoms with E-state index in [1.807, 2.05) is 0 Å². The highest BCUT2D eigenvalue weighted by Crippen LogP contribution is 2.27. The maximum absolute atomic E-state index is 4.91. The number of aromatic nitrogens is 1. The SMILES string of the molecule is CCCC1CCCCN1c1ccc(CNC2CC2)c(C)n1. The van der Waals surface area contributed by atoms with Gasteiger partial charge in [-0.15, -0.1) is 0 Å². The van der Waals surface area contributed by atoms with Crippen molar-refractivity contribution in [3.8, 4) is 0 Å². The van der Waals surface area contributed by atoms with Gasteiger partial charge in [0, 0.05) is 30.9 Å². The fourth-order valence-electron chi connectivity index (χ4n) is 3.40. The third kappa shape index (κ3) is 3.76. The molecule has 2 heterocycles. The number of aryl methyl sites for hydroxylation is 1. The molecule has 2 fully saturated rings. The maximum Gasteiger partial charge on any atom is 0.129 e. The minimum absolute atomic E-state index is 0.700. The van der Waals surface area contributed by atoms with E-state index in [-0.39, 0.29) is 0 Å². The zero-order valence-electron chi connectivity index (χ0n) is 13.6. The van der Waals surface area contributed by atoms with E-state index >= 15 is 0 Å². The van der Waals surface area contributed by atoms with Gasteiger partial charge in [0.2, 0.25) is 0 Å². The van der Waals surface area contributed by atoms with Crippen molar-refractivity contribution in [3.63, 3.8) is 0 Å². The molecule has 0 aromatic carbocycles. The number of anilines is 1. The minimum Gasteiger partial charge on any atom is -0.354 e. The largest absolute Gasteiger partial charge is 0.354 e. The lowest BCUT2D eigenvalue weighted by atomic mass is 9.98. The first-order valence-corrected chi connectivity index (χ1v) is 8.74. The summed E-state index contributed by atoms with van der Waals surface area (Å²) in [5, 5.41) is 3.59. The molecule has 1 aromatic rings. The Bertz CT molecular complexity index is 466. The summed E-state index contributed by atoms with van der Waals surface area (Å²) in [6.07, 6.45) is 9.28. The molecule has 1 unspecified atom stereocenters. The van der Waals surface area contributed by atoms with Crippen molar-refractivity contribution in [2.24, 2.45) is 0 Å². The van der Waals surface area contributed by atoms with E-state index < -0.39 is 0 Å². The number of pyridine rings is 1. The van der Waals surface area contributed by atoms with Gasteiger partial charge in [-0.3, -0.25) is 0 Å². The van der Waals surface area contributed by atoms with Crippen LogP contribution in [0.5, 0.6) is 0 Å². The molecule has 3 nitrogen and oxygen atoms in total. The van der Waals surface area contributed by atoms with E-state index in [4.69, 9.17) is 4.98 Å². The topological polar surface area (TPSA) is 28.2 Å². The Kier molecular flexibility index (Phi) is 4.79.